The maximum Gasteiger partial charge on any atom is 0.332 e. The van der Waals surface area contributed by atoms with E-state index in [9.17, 15) is 9.59 Å². The van der Waals surface area contributed by atoms with E-state index in [1.807, 2.05) is 0 Å². The van der Waals surface area contributed by atoms with Gasteiger partial charge in [-0.15, -0.1) is 6.58 Å². The molecule has 0 aliphatic carbocycles. The molecule has 1 heterocycles. The summed E-state index contributed by atoms with van der Waals surface area (Å²) in [6.07, 6.45) is 2.79. The van der Waals surface area contributed by atoms with Crippen LogP contribution in [0.1, 0.15) is 19.8 Å². The van der Waals surface area contributed by atoms with E-state index in [4.69, 9.17) is 4.74 Å². The molecule has 0 aromatic carbocycles. The molecule has 0 N–H and O–H groups in total. The minimum atomic E-state index is -0.607. The van der Waals surface area contributed by atoms with Gasteiger partial charge in [0.05, 0.1) is 6.61 Å². The van der Waals surface area contributed by atoms with E-state index in [0.717, 1.165) is 6.42 Å². The molecule has 1 atom stereocenters. The molecule has 4 heteroatoms. The first-order valence-electron chi connectivity index (χ1n) is 4.79. The van der Waals surface area contributed by atoms with Gasteiger partial charge in [0.25, 0.3) is 0 Å². The van der Waals surface area contributed by atoms with Gasteiger partial charge in [-0.05, 0) is 13.3 Å². The van der Waals surface area contributed by atoms with Crippen molar-refractivity contribution in [1.29, 1.82) is 0 Å². The normalized spacial score (nSPS) is 18.1. The highest BCUT2D eigenvalue weighted by Crippen LogP contribution is 2.15. The SMILES string of the molecule is C=CC(C(=O)OCC)N1CCCC1=O. The number of hydrogen-bond donors (Lipinski definition) is 0. The quantitative estimate of drug-likeness (QED) is 0.493. The summed E-state index contributed by atoms with van der Waals surface area (Å²) in [6.45, 7) is 6.23. The van der Waals surface area contributed by atoms with E-state index < -0.39 is 12.0 Å². The van der Waals surface area contributed by atoms with Crippen LogP contribution in [0.25, 0.3) is 0 Å². The Balaban J connectivity index is 2.65. The molecule has 1 aliphatic rings. The summed E-state index contributed by atoms with van der Waals surface area (Å²) < 4.78 is 4.85. The number of ether oxygens (including phenoxy) is 1. The molecule has 4 nitrogen and oxygen atoms in total. The average Bonchev–Trinajstić information content (AvgIpc) is 2.54. The summed E-state index contributed by atoms with van der Waals surface area (Å²) in [5.41, 5.74) is 0. The van der Waals surface area contributed by atoms with Crippen molar-refractivity contribution in [3.63, 3.8) is 0 Å². The van der Waals surface area contributed by atoms with Gasteiger partial charge in [0.1, 0.15) is 6.04 Å². The monoisotopic (exact) mass is 197 g/mol. The van der Waals surface area contributed by atoms with Crippen LogP contribution in [0.5, 0.6) is 0 Å². The Hall–Kier alpha value is -1.32. The van der Waals surface area contributed by atoms with Crippen molar-refractivity contribution in [3.05, 3.63) is 12.7 Å². The maximum atomic E-state index is 11.4. The van der Waals surface area contributed by atoms with Crippen LogP contribution in [0.3, 0.4) is 0 Å². The Bertz CT molecular complexity index is 250. The zero-order chi connectivity index (χ0) is 10.6. The predicted molar refractivity (Wildman–Crippen MR) is 51.6 cm³/mol. The van der Waals surface area contributed by atoms with E-state index in [1.165, 1.54) is 11.0 Å². The second-order valence-corrected chi connectivity index (χ2v) is 3.12. The largest absolute Gasteiger partial charge is 0.464 e. The number of carbonyl (C=O) groups is 2. The molecule has 0 aromatic rings. The number of esters is 1. The third-order valence-corrected chi connectivity index (χ3v) is 2.20. The molecule has 0 bridgehead atoms. The summed E-state index contributed by atoms with van der Waals surface area (Å²) in [7, 11) is 0. The Morgan fingerprint density at radius 2 is 2.50 bits per heavy atom. The number of hydrogen-bond acceptors (Lipinski definition) is 3. The van der Waals surface area contributed by atoms with Gasteiger partial charge in [-0.1, -0.05) is 6.08 Å². The molecule has 0 spiro atoms. The average molecular weight is 197 g/mol. The summed E-state index contributed by atoms with van der Waals surface area (Å²) in [5, 5.41) is 0. The summed E-state index contributed by atoms with van der Waals surface area (Å²) in [6, 6.07) is -0.607. The molecule has 1 amide bonds. The summed E-state index contributed by atoms with van der Waals surface area (Å²) in [4.78, 5) is 24.3. The minimum Gasteiger partial charge on any atom is -0.464 e. The minimum absolute atomic E-state index is 0.00273. The van der Waals surface area contributed by atoms with Crippen LogP contribution >= 0.6 is 0 Å². The van der Waals surface area contributed by atoms with Gasteiger partial charge < -0.3 is 9.64 Å². The summed E-state index contributed by atoms with van der Waals surface area (Å²) in [5.74, 6) is -0.388. The highest BCUT2D eigenvalue weighted by Gasteiger charge is 2.31. The van der Waals surface area contributed by atoms with Gasteiger partial charge in [-0.25, -0.2) is 4.79 Å². The number of rotatable bonds is 4. The van der Waals surface area contributed by atoms with Gasteiger partial charge in [0.2, 0.25) is 5.91 Å². The lowest BCUT2D eigenvalue weighted by molar-refractivity contribution is -0.151. The van der Waals surface area contributed by atoms with Crippen molar-refractivity contribution in [2.45, 2.75) is 25.8 Å². The Kier molecular flexibility index (Phi) is 3.68. The fraction of sp³-hybridized carbons (Fsp3) is 0.600. The molecular formula is C10H15NO3. The Labute approximate surface area is 83.5 Å². The molecule has 1 aliphatic heterocycles. The molecular weight excluding hydrogens is 182 g/mol. The third-order valence-electron chi connectivity index (χ3n) is 2.20. The van der Waals surface area contributed by atoms with Gasteiger partial charge in [0, 0.05) is 13.0 Å². The predicted octanol–water partition coefficient (Wildman–Crippen LogP) is 0.726. The van der Waals surface area contributed by atoms with Crippen LogP contribution in [0.15, 0.2) is 12.7 Å². The molecule has 1 saturated heterocycles. The molecule has 14 heavy (non-hydrogen) atoms. The number of carbonyl (C=O) groups excluding carboxylic acids is 2. The molecule has 0 radical (unpaired) electrons. The lowest BCUT2D eigenvalue weighted by Crippen LogP contribution is -2.41. The van der Waals surface area contributed by atoms with Crippen molar-refractivity contribution >= 4 is 11.9 Å². The van der Waals surface area contributed by atoms with E-state index in [0.29, 0.717) is 19.6 Å². The Morgan fingerprint density at radius 3 is 2.93 bits per heavy atom. The number of nitrogens with zero attached hydrogens (tertiary/aromatic N) is 1. The van der Waals surface area contributed by atoms with Crippen LogP contribution in [-0.2, 0) is 14.3 Å². The van der Waals surface area contributed by atoms with Gasteiger partial charge in [0.15, 0.2) is 0 Å². The summed E-state index contributed by atoms with van der Waals surface area (Å²) >= 11 is 0. The van der Waals surface area contributed by atoms with Crippen LogP contribution in [-0.4, -0.2) is 36.0 Å². The van der Waals surface area contributed by atoms with Crippen molar-refractivity contribution < 1.29 is 14.3 Å². The molecule has 1 fully saturated rings. The molecule has 0 saturated carbocycles. The lowest BCUT2D eigenvalue weighted by Gasteiger charge is -2.22. The molecule has 1 unspecified atom stereocenters. The fourth-order valence-corrected chi connectivity index (χ4v) is 1.54. The van der Waals surface area contributed by atoms with E-state index in [2.05, 4.69) is 6.58 Å². The van der Waals surface area contributed by atoms with Crippen molar-refractivity contribution in [1.82, 2.24) is 4.90 Å². The van der Waals surface area contributed by atoms with Crippen molar-refractivity contribution in [2.24, 2.45) is 0 Å². The van der Waals surface area contributed by atoms with E-state index in [-0.39, 0.29) is 5.91 Å². The second kappa shape index (κ2) is 4.79. The number of likely N-dealkylation sites (tertiary alicyclic amines) is 1. The standard InChI is InChI=1S/C10H15NO3/c1-3-8(10(13)14-4-2)11-7-5-6-9(11)12/h3,8H,1,4-7H2,2H3. The fourth-order valence-electron chi connectivity index (χ4n) is 1.54. The van der Waals surface area contributed by atoms with Crippen LogP contribution in [0.4, 0.5) is 0 Å². The van der Waals surface area contributed by atoms with Crippen molar-refractivity contribution in [3.8, 4) is 0 Å². The zero-order valence-electron chi connectivity index (χ0n) is 8.36. The second-order valence-electron chi connectivity index (χ2n) is 3.12. The topological polar surface area (TPSA) is 46.6 Å². The van der Waals surface area contributed by atoms with Crippen LogP contribution in [0.2, 0.25) is 0 Å². The third kappa shape index (κ3) is 2.13. The zero-order valence-corrected chi connectivity index (χ0v) is 8.36. The van der Waals surface area contributed by atoms with Gasteiger partial charge >= 0.3 is 5.97 Å². The van der Waals surface area contributed by atoms with E-state index in [1.54, 1.807) is 6.92 Å². The first kappa shape index (κ1) is 10.8. The van der Waals surface area contributed by atoms with Gasteiger partial charge in [-0.2, -0.15) is 0 Å². The van der Waals surface area contributed by atoms with Crippen LogP contribution < -0.4 is 0 Å². The highest BCUT2D eigenvalue weighted by molar-refractivity contribution is 5.87. The molecule has 1 rings (SSSR count). The van der Waals surface area contributed by atoms with E-state index >= 15 is 0 Å². The molecule has 0 aromatic heterocycles. The maximum absolute atomic E-state index is 11.4. The Morgan fingerprint density at radius 1 is 1.79 bits per heavy atom. The molecule has 78 valence electrons. The first-order valence-corrected chi connectivity index (χ1v) is 4.79. The van der Waals surface area contributed by atoms with Crippen LogP contribution in [0, 0.1) is 0 Å². The number of amides is 1. The highest BCUT2D eigenvalue weighted by atomic mass is 16.5. The van der Waals surface area contributed by atoms with Crippen molar-refractivity contribution in [2.75, 3.05) is 13.2 Å². The smallest absolute Gasteiger partial charge is 0.332 e. The first-order chi connectivity index (χ1) is 6.70. The van der Waals surface area contributed by atoms with Gasteiger partial charge in [-0.3, -0.25) is 4.79 Å². The lowest BCUT2D eigenvalue weighted by atomic mass is 10.2.